The number of rotatable bonds is 9. The lowest BCUT2D eigenvalue weighted by Gasteiger charge is -2.27. The van der Waals surface area contributed by atoms with Gasteiger partial charge in [0, 0.05) is 50.6 Å². The first-order valence-electron chi connectivity index (χ1n) is 11.5. The fourth-order valence-electron chi connectivity index (χ4n) is 4.04. The van der Waals surface area contributed by atoms with Crippen molar-refractivity contribution in [1.29, 1.82) is 0 Å². The van der Waals surface area contributed by atoms with E-state index in [1.165, 1.54) is 15.9 Å². The van der Waals surface area contributed by atoms with Crippen LogP contribution in [-0.4, -0.2) is 61.0 Å². The Balaban J connectivity index is 1.42. The quantitative estimate of drug-likeness (QED) is 0.506. The van der Waals surface area contributed by atoms with E-state index >= 15 is 0 Å². The molecular formula is C25H30N4O4S. The maximum Gasteiger partial charge on any atom is 0.251 e. The summed E-state index contributed by atoms with van der Waals surface area (Å²) in [5.41, 5.74) is 2.21. The number of carbonyl (C=O) groups is 1. The van der Waals surface area contributed by atoms with Crippen molar-refractivity contribution in [3.8, 4) is 0 Å². The summed E-state index contributed by atoms with van der Waals surface area (Å²) >= 11 is 0. The van der Waals surface area contributed by atoms with Crippen molar-refractivity contribution in [2.45, 2.75) is 31.2 Å². The van der Waals surface area contributed by atoms with Crippen LogP contribution in [0.4, 0.5) is 0 Å². The van der Waals surface area contributed by atoms with E-state index in [2.05, 4.69) is 27.0 Å². The second-order valence-electron chi connectivity index (χ2n) is 8.16. The summed E-state index contributed by atoms with van der Waals surface area (Å²) in [6.45, 7) is 4.40. The number of benzene rings is 2. The topological polar surface area (TPSA) is 93.5 Å². The summed E-state index contributed by atoms with van der Waals surface area (Å²) in [4.78, 5) is 17.5. The predicted octanol–water partition coefficient (Wildman–Crippen LogP) is 2.49. The van der Waals surface area contributed by atoms with E-state index in [1.807, 2.05) is 31.3 Å². The molecule has 9 heteroatoms. The minimum atomic E-state index is -3.69. The molecule has 1 amide bonds. The van der Waals surface area contributed by atoms with Gasteiger partial charge >= 0.3 is 0 Å². The zero-order valence-corrected chi connectivity index (χ0v) is 20.1. The number of nitrogens with zero attached hydrogens (tertiary/aromatic N) is 3. The van der Waals surface area contributed by atoms with Crippen LogP contribution in [0.2, 0.25) is 0 Å². The minimum absolute atomic E-state index is 0.197. The summed E-state index contributed by atoms with van der Waals surface area (Å²) in [5, 5.41) is 2.90. The molecule has 2 aromatic carbocycles. The second-order valence-corrected chi connectivity index (χ2v) is 10.1. The number of carbonyl (C=O) groups excluding carboxylic acids is 1. The predicted molar refractivity (Wildman–Crippen MR) is 129 cm³/mol. The Morgan fingerprint density at radius 3 is 2.62 bits per heavy atom. The number of ether oxygens (including phenoxy) is 1. The molecule has 2 heterocycles. The molecule has 0 unspecified atom stereocenters. The molecule has 1 aliphatic rings. The van der Waals surface area contributed by atoms with Crippen molar-refractivity contribution < 1.29 is 17.9 Å². The van der Waals surface area contributed by atoms with E-state index in [9.17, 15) is 13.2 Å². The first kappa shape index (κ1) is 24.1. The summed E-state index contributed by atoms with van der Waals surface area (Å²) in [7, 11) is -3.69. The second kappa shape index (κ2) is 10.9. The molecular weight excluding hydrogens is 452 g/mol. The number of aromatic nitrogens is 2. The third kappa shape index (κ3) is 5.55. The van der Waals surface area contributed by atoms with E-state index in [0.717, 1.165) is 5.82 Å². The van der Waals surface area contributed by atoms with Gasteiger partial charge in [-0.25, -0.2) is 13.4 Å². The molecule has 34 heavy (non-hydrogen) atoms. The fraction of sp³-hybridized carbons (Fsp3) is 0.360. The van der Waals surface area contributed by atoms with Gasteiger partial charge in [0.15, 0.2) is 0 Å². The maximum atomic E-state index is 13.2. The summed E-state index contributed by atoms with van der Waals surface area (Å²) in [6, 6.07) is 15.0. The van der Waals surface area contributed by atoms with Gasteiger partial charge in [0.1, 0.15) is 5.82 Å². The summed E-state index contributed by atoms with van der Waals surface area (Å²) < 4.78 is 35.2. The van der Waals surface area contributed by atoms with Crippen molar-refractivity contribution >= 4 is 15.9 Å². The van der Waals surface area contributed by atoms with Gasteiger partial charge in [-0.05, 0) is 29.7 Å². The van der Waals surface area contributed by atoms with Crippen LogP contribution in [0.3, 0.4) is 0 Å². The highest BCUT2D eigenvalue weighted by molar-refractivity contribution is 7.89. The Morgan fingerprint density at radius 2 is 1.88 bits per heavy atom. The lowest BCUT2D eigenvalue weighted by atomic mass is 10.1. The minimum Gasteiger partial charge on any atom is -0.379 e. The molecule has 0 spiro atoms. The van der Waals surface area contributed by atoms with Gasteiger partial charge < -0.3 is 14.6 Å². The molecule has 0 aliphatic carbocycles. The zero-order valence-electron chi connectivity index (χ0n) is 19.3. The number of sulfonamides is 1. The molecule has 3 aromatic rings. The van der Waals surface area contributed by atoms with Crippen molar-refractivity contribution in [3.05, 3.63) is 83.4 Å². The molecule has 4 rings (SSSR count). The largest absolute Gasteiger partial charge is 0.379 e. The van der Waals surface area contributed by atoms with E-state index in [0.29, 0.717) is 63.4 Å². The Morgan fingerprint density at radius 1 is 1.12 bits per heavy atom. The zero-order chi connectivity index (χ0) is 24.0. The van der Waals surface area contributed by atoms with Crippen LogP contribution in [0, 0.1) is 0 Å². The molecule has 1 aliphatic heterocycles. The fourth-order valence-corrected chi connectivity index (χ4v) is 5.76. The van der Waals surface area contributed by atoms with Gasteiger partial charge in [-0.3, -0.25) is 4.79 Å². The average Bonchev–Trinajstić information content (AvgIpc) is 3.31. The molecule has 0 atom stereocenters. The van der Waals surface area contributed by atoms with Crippen molar-refractivity contribution in [2.75, 3.05) is 32.8 Å². The molecule has 0 radical (unpaired) electrons. The van der Waals surface area contributed by atoms with Gasteiger partial charge in [0.25, 0.3) is 5.91 Å². The van der Waals surface area contributed by atoms with E-state index < -0.39 is 10.0 Å². The molecule has 0 bridgehead atoms. The van der Waals surface area contributed by atoms with Gasteiger partial charge in [-0.1, -0.05) is 43.3 Å². The van der Waals surface area contributed by atoms with Crippen LogP contribution in [0.15, 0.2) is 65.8 Å². The molecule has 1 N–H and O–H groups in total. The number of nitrogens with one attached hydrogen (secondary N) is 1. The first-order chi connectivity index (χ1) is 16.5. The van der Waals surface area contributed by atoms with Gasteiger partial charge in [-0.15, -0.1) is 0 Å². The van der Waals surface area contributed by atoms with Crippen LogP contribution in [0.25, 0.3) is 0 Å². The van der Waals surface area contributed by atoms with Crippen LogP contribution < -0.4 is 5.32 Å². The number of hydrogen-bond acceptors (Lipinski definition) is 5. The standard InChI is InChI=1S/C25H30N4O4S/c1-2-21-8-9-22(18-23(21)34(31,32)29-14-16-33-17-15-29)25(30)27-11-10-24-26-12-13-28(24)19-20-6-4-3-5-7-20/h3-9,12-13,18H,2,10-11,14-17,19H2,1H3,(H,27,30). The SMILES string of the molecule is CCc1ccc(C(=O)NCCc2nccn2Cc2ccccc2)cc1S(=O)(=O)N1CCOCC1. The van der Waals surface area contributed by atoms with Gasteiger partial charge in [0.05, 0.1) is 18.1 Å². The highest BCUT2D eigenvalue weighted by Crippen LogP contribution is 2.23. The number of morpholine rings is 1. The van der Waals surface area contributed by atoms with Crippen LogP contribution >= 0.6 is 0 Å². The maximum absolute atomic E-state index is 13.2. The molecule has 1 saturated heterocycles. The average molecular weight is 483 g/mol. The number of aryl methyl sites for hydroxylation is 1. The Kier molecular flexibility index (Phi) is 7.77. The van der Waals surface area contributed by atoms with Crippen LogP contribution in [0.5, 0.6) is 0 Å². The highest BCUT2D eigenvalue weighted by atomic mass is 32.2. The third-order valence-corrected chi connectivity index (χ3v) is 7.91. The lowest BCUT2D eigenvalue weighted by molar-refractivity contribution is 0.0730. The Labute approximate surface area is 200 Å². The first-order valence-corrected chi connectivity index (χ1v) is 13.0. The monoisotopic (exact) mass is 482 g/mol. The van der Waals surface area contributed by atoms with Gasteiger partial charge in [-0.2, -0.15) is 4.31 Å². The van der Waals surface area contributed by atoms with E-state index in [1.54, 1.807) is 18.3 Å². The lowest BCUT2D eigenvalue weighted by Crippen LogP contribution is -2.41. The van der Waals surface area contributed by atoms with Crippen LogP contribution in [0.1, 0.15) is 34.2 Å². The normalized spacial score (nSPS) is 14.7. The summed E-state index contributed by atoms with van der Waals surface area (Å²) in [5.74, 6) is 0.573. The Hall–Kier alpha value is -3.01. The molecule has 180 valence electrons. The number of hydrogen-bond donors (Lipinski definition) is 1. The molecule has 8 nitrogen and oxygen atoms in total. The number of amides is 1. The summed E-state index contributed by atoms with van der Waals surface area (Å²) in [6.07, 6.45) is 4.81. The van der Waals surface area contributed by atoms with E-state index in [-0.39, 0.29) is 10.8 Å². The third-order valence-electron chi connectivity index (χ3n) is 5.93. The Bertz CT molecular complexity index is 1220. The molecule has 0 saturated carbocycles. The number of imidazole rings is 1. The van der Waals surface area contributed by atoms with E-state index in [4.69, 9.17) is 4.74 Å². The molecule has 1 aromatic heterocycles. The van der Waals surface area contributed by atoms with Crippen molar-refractivity contribution in [3.63, 3.8) is 0 Å². The molecule has 1 fully saturated rings. The highest BCUT2D eigenvalue weighted by Gasteiger charge is 2.29. The van der Waals surface area contributed by atoms with Crippen molar-refractivity contribution in [2.24, 2.45) is 0 Å². The van der Waals surface area contributed by atoms with Gasteiger partial charge in [0.2, 0.25) is 10.0 Å². The van der Waals surface area contributed by atoms with Crippen LogP contribution in [-0.2, 0) is 34.1 Å². The van der Waals surface area contributed by atoms with Crippen molar-refractivity contribution in [1.82, 2.24) is 19.2 Å². The smallest absolute Gasteiger partial charge is 0.251 e.